The predicted molar refractivity (Wildman–Crippen MR) is 81.4 cm³/mol. The Morgan fingerprint density at radius 2 is 2.00 bits per heavy atom. The quantitative estimate of drug-likeness (QED) is 0.874. The molecule has 1 aromatic carbocycles. The molecule has 0 saturated carbocycles. The number of carbonyl (C=O) groups is 1. The molecule has 3 N–H and O–H groups in total. The summed E-state index contributed by atoms with van der Waals surface area (Å²) < 4.78 is 0. The van der Waals surface area contributed by atoms with Gasteiger partial charge in [0.2, 0.25) is 5.91 Å². The van der Waals surface area contributed by atoms with Gasteiger partial charge in [-0.25, -0.2) is 0 Å². The number of nitrogens with one attached hydrogen (secondary N) is 1. The Bertz CT molecular complexity index is 445. The molecule has 0 bridgehead atoms. The number of aryl methyl sites for hydroxylation is 1. The van der Waals surface area contributed by atoms with Crippen LogP contribution in [0.15, 0.2) is 18.2 Å². The highest BCUT2D eigenvalue weighted by Gasteiger charge is 2.15. The second kappa shape index (κ2) is 6.20. The molecule has 106 valence electrons. The van der Waals surface area contributed by atoms with Crippen LogP contribution in [-0.4, -0.2) is 11.9 Å². The van der Waals surface area contributed by atoms with Gasteiger partial charge in [-0.15, -0.1) is 0 Å². The zero-order valence-electron chi connectivity index (χ0n) is 12.7. The van der Waals surface area contributed by atoms with E-state index >= 15 is 0 Å². The molecule has 0 spiro atoms. The van der Waals surface area contributed by atoms with Crippen LogP contribution in [0.1, 0.15) is 51.7 Å². The molecular formula is C16H26N2O. The number of rotatable bonds is 4. The third-order valence-corrected chi connectivity index (χ3v) is 3.19. The van der Waals surface area contributed by atoms with Crippen molar-refractivity contribution in [3.05, 3.63) is 29.3 Å². The van der Waals surface area contributed by atoms with Gasteiger partial charge in [-0.05, 0) is 42.9 Å². The highest BCUT2D eigenvalue weighted by atomic mass is 16.1. The molecule has 0 aliphatic rings. The van der Waals surface area contributed by atoms with Gasteiger partial charge in [-0.2, -0.15) is 0 Å². The van der Waals surface area contributed by atoms with E-state index in [1.807, 2.05) is 19.9 Å². The number of carbonyl (C=O) groups excluding carboxylic acids is 1. The van der Waals surface area contributed by atoms with Crippen molar-refractivity contribution in [3.63, 3.8) is 0 Å². The minimum absolute atomic E-state index is 0.0314. The lowest BCUT2D eigenvalue weighted by atomic mass is 9.86. The fraction of sp³-hybridized carbons (Fsp3) is 0.562. The Morgan fingerprint density at radius 1 is 1.37 bits per heavy atom. The van der Waals surface area contributed by atoms with E-state index in [0.29, 0.717) is 12.8 Å². The third kappa shape index (κ3) is 5.03. The maximum absolute atomic E-state index is 11.8. The average Bonchev–Trinajstić information content (AvgIpc) is 2.27. The summed E-state index contributed by atoms with van der Waals surface area (Å²) in [6.45, 7) is 10.5. The lowest BCUT2D eigenvalue weighted by molar-refractivity contribution is -0.116. The van der Waals surface area contributed by atoms with Crippen molar-refractivity contribution in [2.75, 3.05) is 5.32 Å². The maximum Gasteiger partial charge on any atom is 0.224 e. The van der Waals surface area contributed by atoms with Gasteiger partial charge in [0.25, 0.3) is 0 Å². The summed E-state index contributed by atoms with van der Waals surface area (Å²) in [5.74, 6) is 0.0314. The van der Waals surface area contributed by atoms with Gasteiger partial charge in [0.1, 0.15) is 0 Å². The number of anilines is 1. The number of amides is 1. The molecule has 1 atom stereocenters. The van der Waals surface area contributed by atoms with Crippen molar-refractivity contribution >= 4 is 11.6 Å². The third-order valence-electron chi connectivity index (χ3n) is 3.19. The first-order valence-corrected chi connectivity index (χ1v) is 6.86. The van der Waals surface area contributed by atoms with E-state index < -0.39 is 0 Å². The van der Waals surface area contributed by atoms with Gasteiger partial charge >= 0.3 is 0 Å². The standard InChI is InChI=1S/C16H26N2O/c1-11-10-13(16(3,4)5)7-8-14(11)18-15(19)9-6-12(2)17/h7-8,10,12H,6,9,17H2,1-5H3,(H,18,19). The summed E-state index contributed by atoms with van der Waals surface area (Å²) in [6.07, 6.45) is 1.18. The summed E-state index contributed by atoms with van der Waals surface area (Å²) >= 11 is 0. The highest BCUT2D eigenvalue weighted by Crippen LogP contribution is 2.26. The molecule has 19 heavy (non-hydrogen) atoms. The summed E-state index contributed by atoms with van der Waals surface area (Å²) in [5.41, 5.74) is 9.05. The summed E-state index contributed by atoms with van der Waals surface area (Å²) in [4.78, 5) is 11.8. The van der Waals surface area contributed by atoms with Gasteiger partial charge in [0.15, 0.2) is 0 Å². The summed E-state index contributed by atoms with van der Waals surface area (Å²) in [5, 5.41) is 2.95. The number of nitrogens with two attached hydrogens (primary N) is 1. The summed E-state index contributed by atoms with van der Waals surface area (Å²) in [7, 11) is 0. The molecule has 0 heterocycles. The zero-order valence-corrected chi connectivity index (χ0v) is 12.7. The van der Waals surface area contributed by atoms with Crippen LogP contribution in [0.5, 0.6) is 0 Å². The van der Waals surface area contributed by atoms with E-state index in [9.17, 15) is 4.79 Å². The second-order valence-corrected chi connectivity index (χ2v) is 6.34. The lowest BCUT2D eigenvalue weighted by Gasteiger charge is -2.20. The van der Waals surface area contributed by atoms with E-state index in [-0.39, 0.29) is 17.4 Å². The Labute approximate surface area is 116 Å². The lowest BCUT2D eigenvalue weighted by Crippen LogP contribution is -2.20. The Balaban J connectivity index is 2.73. The fourth-order valence-corrected chi connectivity index (χ4v) is 1.84. The molecule has 0 aliphatic carbocycles. The molecule has 0 saturated heterocycles. The Morgan fingerprint density at radius 3 is 2.47 bits per heavy atom. The molecule has 1 unspecified atom stereocenters. The molecule has 1 aromatic rings. The molecule has 0 aliphatic heterocycles. The van der Waals surface area contributed by atoms with Gasteiger partial charge in [0.05, 0.1) is 0 Å². The normalized spacial score (nSPS) is 13.2. The van der Waals surface area contributed by atoms with Crippen LogP contribution in [0.3, 0.4) is 0 Å². The Hall–Kier alpha value is -1.35. The van der Waals surface area contributed by atoms with Gasteiger partial charge < -0.3 is 11.1 Å². The first kappa shape index (κ1) is 15.7. The van der Waals surface area contributed by atoms with Crippen LogP contribution in [0, 0.1) is 6.92 Å². The SMILES string of the molecule is Cc1cc(C(C)(C)C)ccc1NC(=O)CCC(C)N. The van der Waals surface area contributed by atoms with Crippen LogP contribution in [-0.2, 0) is 10.2 Å². The first-order valence-electron chi connectivity index (χ1n) is 6.86. The van der Waals surface area contributed by atoms with Gasteiger partial charge in [0, 0.05) is 18.2 Å². The van der Waals surface area contributed by atoms with Crippen molar-refractivity contribution < 1.29 is 4.79 Å². The maximum atomic E-state index is 11.8. The van der Waals surface area contributed by atoms with Crippen LogP contribution in [0.25, 0.3) is 0 Å². The van der Waals surface area contributed by atoms with E-state index in [1.54, 1.807) is 0 Å². The topological polar surface area (TPSA) is 55.1 Å². The fourth-order valence-electron chi connectivity index (χ4n) is 1.84. The molecular weight excluding hydrogens is 236 g/mol. The molecule has 0 fully saturated rings. The van der Waals surface area contributed by atoms with Crippen molar-refractivity contribution in [2.45, 2.75) is 58.9 Å². The molecule has 1 amide bonds. The molecule has 3 nitrogen and oxygen atoms in total. The van der Waals surface area contributed by atoms with Crippen LogP contribution in [0.4, 0.5) is 5.69 Å². The molecule has 0 radical (unpaired) electrons. The smallest absolute Gasteiger partial charge is 0.224 e. The van der Waals surface area contributed by atoms with E-state index in [1.165, 1.54) is 5.56 Å². The number of hydrogen-bond donors (Lipinski definition) is 2. The minimum Gasteiger partial charge on any atom is -0.328 e. The molecule has 3 heteroatoms. The Kier molecular flexibility index (Phi) is 5.12. The van der Waals surface area contributed by atoms with Crippen LogP contribution in [0.2, 0.25) is 0 Å². The number of benzene rings is 1. The van der Waals surface area contributed by atoms with Crippen molar-refractivity contribution in [2.24, 2.45) is 5.73 Å². The number of hydrogen-bond acceptors (Lipinski definition) is 2. The predicted octanol–water partition coefficient (Wildman–Crippen LogP) is 3.36. The monoisotopic (exact) mass is 262 g/mol. The second-order valence-electron chi connectivity index (χ2n) is 6.34. The van der Waals surface area contributed by atoms with Crippen molar-refractivity contribution in [1.29, 1.82) is 0 Å². The summed E-state index contributed by atoms with van der Waals surface area (Å²) in [6, 6.07) is 6.27. The zero-order chi connectivity index (χ0) is 14.6. The van der Waals surface area contributed by atoms with E-state index in [0.717, 1.165) is 11.3 Å². The van der Waals surface area contributed by atoms with Gasteiger partial charge in [-0.1, -0.05) is 32.9 Å². The first-order chi connectivity index (χ1) is 8.70. The van der Waals surface area contributed by atoms with Crippen LogP contribution >= 0.6 is 0 Å². The van der Waals surface area contributed by atoms with Crippen molar-refractivity contribution in [3.8, 4) is 0 Å². The van der Waals surface area contributed by atoms with Crippen molar-refractivity contribution in [1.82, 2.24) is 0 Å². The minimum atomic E-state index is 0.0314. The van der Waals surface area contributed by atoms with E-state index in [4.69, 9.17) is 5.73 Å². The average molecular weight is 262 g/mol. The van der Waals surface area contributed by atoms with Gasteiger partial charge in [-0.3, -0.25) is 4.79 Å². The largest absolute Gasteiger partial charge is 0.328 e. The highest BCUT2D eigenvalue weighted by molar-refractivity contribution is 5.91. The molecule has 1 rings (SSSR count). The molecule has 0 aromatic heterocycles. The van der Waals surface area contributed by atoms with Crippen LogP contribution < -0.4 is 11.1 Å². The van der Waals surface area contributed by atoms with E-state index in [2.05, 4.69) is 38.2 Å².